The van der Waals surface area contributed by atoms with E-state index >= 15 is 0 Å². The predicted molar refractivity (Wildman–Crippen MR) is 75.7 cm³/mol. The normalized spacial score (nSPS) is 26.0. The summed E-state index contributed by atoms with van der Waals surface area (Å²) in [5, 5.41) is 13.6. The van der Waals surface area contributed by atoms with Crippen LogP contribution in [0.15, 0.2) is 18.2 Å². The van der Waals surface area contributed by atoms with Crippen LogP contribution in [0.4, 0.5) is 0 Å². The third kappa shape index (κ3) is 3.33. The summed E-state index contributed by atoms with van der Waals surface area (Å²) >= 11 is 0. The first kappa shape index (κ1) is 13.6. The largest absolute Gasteiger partial charge is 0.392 e. The van der Waals surface area contributed by atoms with Crippen LogP contribution in [0.1, 0.15) is 55.3 Å². The molecule has 1 saturated carbocycles. The molecular weight excluding hydrogens is 222 g/mol. The molecule has 2 nitrogen and oxygen atoms in total. The molecule has 1 aromatic rings. The second-order valence-corrected chi connectivity index (χ2v) is 5.77. The van der Waals surface area contributed by atoms with E-state index in [1.807, 2.05) is 0 Å². The summed E-state index contributed by atoms with van der Waals surface area (Å²) in [7, 11) is 0. The fourth-order valence-electron chi connectivity index (χ4n) is 2.98. The maximum Gasteiger partial charge on any atom is 0.0693 e. The predicted octanol–water partition coefficient (Wildman–Crippen LogP) is 3.26. The van der Waals surface area contributed by atoms with Crippen LogP contribution in [0.25, 0.3) is 0 Å². The molecule has 0 spiro atoms. The van der Waals surface area contributed by atoms with Crippen molar-refractivity contribution >= 4 is 0 Å². The summed E-state index contributed by atoms with van der Waals surface area (Å²) in [6, 6.07) is 7.24. The summed E-state index contributed by atoms with van der Waals surface area (Å²) < 4.78 is 0. The van der Waals surface area contributed by atoms with Crippen molar-refractivity contribution in [2.24, 2.45) is 0 Å². The third-order valence-electron chi connectivity index (χ3n) is 3.94. The van der Waals surface area contributed by atoms with Gasteiger partial charge in [0.15, 0.2) is 0 Å². The molecule has 1 aliphatic rings. The zero-order chi connectivity index (χ0) is 13.1. The Labute approximate surface area is 110 Å². The van der Waals surface area contributed by atoms with Crippen LogP contribution in [0.2, 0.25) is 0 Å². The molecule has 2 heteroatoms. The molecule has 0 amide bonds. The number of hydrogen-bond acceptors (Lipinski definition) is 2. The van der Waals surface area contributed by atoms with E-state index in [0.29, 0.717) is 6.04 Å². The SMILES string of the molecule is Cc1cc(C)cc(C(C)NC2CCCCC2O)c1. The van der Waals surface area contributed by atoms with Gasteiger partial charge >= 0.3 is 0 Å². The zero-order valence-electron chi connectivity index (χ0n) is 11.7. The second-order valence-electron chi connectivity index (χ2n) is 5.77. The highest BCUT2D eigenvalue weighted by atomic mass is 16.3. The van der Waals surface area contributed by atoms with Crippen molar-refractivity contribution in [2.75, 3.05) is 0 Å². The van der Waals surface area contributed by atoms with Gasteiger partial charge in [-0.15, -0.1) is 0 Å². The molecule has 0 bridgehead atoms. The summed E-state index contributed by atoms with van der Waals surface area (Å²) in [5.41, 5.74) is 3.94. The van der Waals surface area contributed by atoms with E-state index in [1.165, 1.54) is 23.1 Å². The lowest BCUT2D eigenvalue weighted by molar-refractivity contribution is 0.0860. The Bertz CT molecular complexity index is 382. The zero-order valence-corrected chi connectivity index (χ0v) is 11.7. The molecule has 18 heavy (non-hydrogen) atoms. The molecule has 100 valence electrons. The number of benzene rings is 1. The Morgan fingerprint density at radius 3 is 2.33 bits per heavy atom. The van der Waals surface area contributed by atoms with Gasteiger partial charge in [-0.3, -0.25) is 0 Å². The molecule has 0 aromatic heterocycles. The minimum absolute atomic E-state index is 0.174. The highest BCUT2D eigenvalue weighted by Gasteiger charge is 2.24. The van der Waals surface area contributed by atoms with Gasteiger partial charge in [-0.25, -0.2) is 0 Å². The van der Waals surface area contributed by atoms with Crippen molar-refractivity contribution in [3.05, 3.63) is 34.9 Å². The van der Waals surface area contributed by atoms with E-state index in [-0.39, 0.29) is 12.1 Å². The molecule has 1 aliphatic carbocycles. The first-order chi connectivity index (χ1) is 8.56. The van der Waals surface area contributed by atoms with Crippen molar-refractivity contribution in [1.82, 2.24) is 5.32 Å². The standard InChI is InChI=1S/C16H25NO/c1-11-8-12(2)10-14(9-11)13(3)17-15-6-4-5-7-16(15)18/h8-10,13,15-18H,4-7H2,1-3H3. The lowest BCUT2D eigenvalue weighted by atomic mass is 9.91. The molecule has 2 N–H and O–H groups in total. The van der Waals surface area contributed by atoms with Gasteiger partial charge in [0.2, 0.25) is 0 Å². The van der Waals surface area contributed by atoms with Gasteiger partial charge in [-0.1, -0.05) is 42.2 Å². The summed E-state index contributed by atoms with van der Waals surface area (Å²) in [6.45, 7) is 6.47. The summed E-state index contributed by atoms with van der Waals surface area (Å²) in [6.07, 6.45) is 4.26. The molecule has 0 aliphatic heterocycles. The van der Waals surface area contributed by atoms with E-state index in [9.17, 15) is 5.11 Å². The van der Waals surface area contributed by atoms with Crippen molar-refractivity contribution < 1.29 is 5.11 Å². The maximum atomic E-state index is 10.0. The number of aliphatic hydroxyl groups is 1. The molecule has 1 aromatic carbocycles. The minimum Gasteiger partial charge on any atom is -0.392 e. The summed E-state index contributed by atoms with van der Waals surface area (Å²) in [5.74, 6) is 0. The van der Waals surface area contributed by atoms with Crippen molar-refractivity contribution in [3.8, 4) is 0 Å². The number of hydrogen-bond donors (Lipinski definition) is 2. The Balaban J connectivity index is 2.04. The van der Waals surface area contributed by atoms with E-state index in [1.54, 1.807) is 0 Å². The van der Waals surface area contributed by atoms with Crippen LogP contribution in [0.5, 0.6) is 0 Å². The number of aryl methyl sites for hydroxylation is 2. The van der Waals surface area contributed by atoms with E-state index in [0.717, 1.165) is 19.3 Å². The Kier molecular flexibility index (Phi) is 4.41. The lowest BCUT2D eigenvalue weighted by Gasteiger charge is -2.31. The third-order valence-corrected chi connectivity index (χ3v) is 3.94. The fraction of sp³-hybridized carbons (Fsp3) is 0.625. The average Bonchev–Trinajstić information content (AvgIpc) is 2.31. The van der Waals surface area contributed by atoms with Crippen molar-refractivity contribution in [3.63, 3.8) is 0 Å². The van der Waals surface area contributed by atoms with E-state index < -0.39 is 0 Å². The second kappa shape index (κ2) is 5.85. The highest BCUT2D eigenvalue weighted by Crippen LogP contribution is 2.23. The van der Waals surface area contributed by atoms with Crippen molar-refractivity contribution in [1.29, 1.82) is 0 Å². The van der Waals surface area contributed by atoms with Crippen LogP contribution < -0.4 is 5.32 Å². The number of rotatable bonds is 3. The molecule has 3 atom stereocenters. The Morgan fingerprint density at radius 2 is 1.72 bits per heavy atom. The monoisotopic (exact) mass is 247 g/mol. The smallest absolute Gasteiger partial charge is 0.0693 e. The van der Waals surface area contributed by atoms with Gasteiger partial charge in [-0.2, -0.15) is 0 Å². The van der Waals surface area contributed by atoms with Crippen LogP contribution in [-0.4, -0.2) is 17.3 Å². The number of aliphatic hydroxyl groups excluding tert-OH is 1. The van der Waals surface area contributed by atoms with Gasteiger partial charge in [-0.05, 0) is 39.2 Å². The first-order valence-corrected chi connectivity index (χ1v) is 7.08. The molecule has 0 saturated heterocycles. The minimum atomic E-state index is -0.174. The van der Waals surface area contributed by atoms with E-state index in [2.05, 4.69) is 44.3 Å². The summed E-state index contributed by atoms with van der Waals surface area (Å²) in [4.78, 5) is 0. The molecule has 3 unspecified atom stereocenters. The number of nitrogens with one attached hydrogen (secondary N) is 1. The topological polar surface area (TPSA) is 32.3 Å². The van der Waals surface area contributed by atoms with E-state index in [4.69, 9.17) is 0 Å². The molecule has 2 rings (SSSR count). The van der Waals surface area contributed by atoms with Gasteiger partial charge in [0.25, 0.3) is 0 Å². The van der Waals surface area contributed by atoms with Gasteiger partial charge < -0.3 is 10.4 Å². The quantitative estimate of drug-likeness (QED) is 0.859. The van der Waals surface area contributed by atoms with Gasteiger partial charge in [0.05, 0.1) is 6.10 Å². The van der Waals surface area contributed by atoms with Crippen LogP contribution in [0, 0.1) is 13.8 Å². The molecule has 0 heterocycles. The van der Waals surface area contributed by atoms with Crippen LogP contribution >= 0.6 is 0 Å². The van der Waals surface area contributed by atoms with Crippen LogP contribution in [-0.2, 0) is 0 Å². The van der Waals surface area contributed by atoms with Gasteiger partial charge in [0.1, 0.15) is 0 Å². The average molecular weight is 247 g/mol. The van der Waals surface area contributed by atoms with Gasteiger partial charge in [0, 0.05) is 12.1 Å². The Hall–Kier alpha value is -0.860. The Morgan fingerprint density at radius 1 is 1.11 bits per heavy atom. The first-order valence-electron chi connectivity index (χ1n) is 7.08. The van der Waals surface area contributed by atoms with Crippen LogP contribution in [0.3, 0.4) is 0 Å². The molecule has 0 radical (unpaired) electrons. The highest BCUT2D eigenvalue weighted by molar-refractivity contribution is 5.30. The fourth-order valence-corrected chi connectivity index (χ4v) is 2.98. The van der Waals surface area contributed by atoms with Crippen molar-refractivity contribution in [2.45, 2.75) is 64.6 Å². The molecular formula is C16H25NO. The molecule has 1 fully saturated rings. The maximum absolute atomic E-state index is 10.0. The lowest BCUT2D eigenvalue weighted by Crippen LogP contribution is -2.43.